The predicted molar refractivity (Wildman–Crippen MR) is 74.5 cm³/mol. The molecule has 0 aromatic carbocycles. The van der Waals surface area contributed by atoms with Crippen LogP contribution in [0.5, 0.6) is 0 Å². The molecule has 1 amide bonds. The third kappa shape index (κ3) is 3.98. The zero-order valence-corrected chi connectivity index (χ0v) is 11.9. The fourth-order valence-corrected chi connectivity index (χ4v) is 3.22. The highest BCUT2D eigenvalue weighted by atomic mass is 16.2. The van der Waals surface area contributed by atoms with Crippen LogP contribution in [0.4, 0.5) is 0 Å². The van der Waals surface area contributed by atoms with Gasteiger partial charge < -0.3 is 9.80 Å². The Bertz CT molecular complexity index is 267. The highest BCUT2D eigenvalue weighted by Crippen LogP contribution is 2.20. The molecule has 0 N–H and O–H groups in total. The van der Waals surface area contributed by atoms with Crippen LogP contribution < -0.4 is 0 Å². The second-order valence-corrected chi connectivity index (χ2v) is 5.96. The standard InChI is InChI=1S/C15H28N2O/c1-2-3-5-9-16-11-8-14(12-16)13-17-10-6-4-7-15(17)18/h14H,2-13H2,1H3/t14-/m1/s1. The van der Waals surface area contributed by atoms with Crippen molar-refractivity contribution in [2.24, 2.45) is 5.92 Å². The van der Waals surface area contributed by atoms with Gasteiger partial charge in [0.2, 0.25) is 5.91 Å². The molecule has 0 aliphatic carbocycles. The Kier molecular flexibility index (Phi) is 5.48. The van der Waals surface area contributed by atoms with Gasteiger partial charge >= 0.3 is 0 Å². The number of amides is 1. The van der Waals surface area contributed by atoms with Crippen LogP contribution in [-0.4, -0.2) is 48.4 Å². The highest BCUT2D eigenvalue weighted by molar-refractivity contribution is 5.76. The Morgan fingerprint density at radius 1 is 1.22 bits per heavy atom. The van der Waals surface area contributed by atoms with Crippen LogP contribution in [0.2, 0.25) is 0 Å². The fraction of sp³-hybridized carbons (Fsp3) is 0.933. The van der Waals surface area contributed by atoms with E-state index in [0.29, 0.717) is 5.91 Å². The number of piperidine rings is 1. The molecule has 0 aromatic rings. The molecular formula is C15H28N2O. The Balaban J connectivity index is 1.67. The molecule has 2 rings (SSSR count). The van der Waals surface area contributed by atoms with Crippen LogP contribution in [0.1, 0.15) is 51.9 Å². The van der Waals surface area contributed by atoms with Gasteiger partial charge in [-0.2, -0.15) is 0 Å². The van der Waals surface area contributed by atoms with E-state index in [4.69, 9.17) is 0 Å². The summed E-state index contributed by atoms with van der Waals surface area (Å²) in [7, 11) is 0. The first kappa shape index (κ1) is 13.9. The Hall–Kier alpha value is -0.570. The molecule has 2 heterocycles. The van der Waals surface area contributed by atoms with Gasteiger partial charge in [-0.25, -0.2) is 0 Å². The average molecular weight is 252 g/mol. The summed E-state index contributed by atoms with van der Waals surface area (Å²) >= 11 is 0. The van der Waals surface area contributed by atoms with Gasteiger partial charge in [-0.15, -0.1) is 0 Å². The van der Waals surface area contributed by atoms with Gasteiger partial charge in [-0.05, 0) is 44.7 Å². The van der Waals surface area contributed by atoms with Crippen LogP contribution in [0, 0.1) is 5.92 Å². The molecule has 0 saturated carbocycles. The van der Waals surface area contributed by atoms with Crippen LogP contribution in [0.15, 0.2) is 0 Å². The zero-order chi connectivity index (χ0) is 12.8. The molecule has 0 bridgehead atoms. The summed E-state index contributed by atoms with van der Waals surface area (Å²) < 4.78 is 0. The Morgan fingerprint density at radius 3 is 2.89 bits per heavy atom. The summed E-state index contributed by atoms with van der Waals surface area (Å²) in [6, 6.07) is 0. The third-order valence-electron chi connectivity index (χ3n) is 4.35. The van der Waals surface area contributed by atoms with E-state index in [1.807, 2.05) is 0 Å². The molecular weight excluding hydrogens is 224 g/mol. The number of hydrogen-bond donors (Lipinski definition) is 0. The van der Waals surface area contributed by atoms with Gasteiger partial charge in [-0.1, -0.05) is 19.8 Å². The van der Waals surface area contributed by atoms with Gasteiger partial charge in [0.15, 0.2) is 0 Å². The van der Waals surface area contributed by atoms with E-state index in [1.165, 1.54) is 51.7 Å². The highest BCUT2D eigenvalue weighted by Gasteiger charge is 2.26. The van der Waals surface area contributed by atoms with Gasteiger partial charge in [0.1, 0.15) is 0 Å². The summed E-state index contributed by atoms with van der Waals surface area (Å²) in [5.74, 6) is 1.12. The molecule has 2 saturated heterocycles. The maximum atomic E-state index is 11.8. The third-order valence-corrected chi connectivity index (χ3v) is 4.35. The molecule has 3 heteroatoms. The van der Waals surface area contributed by atoms with Crippen molar-refractivity contribution in [1.82, 2.24) is 9.80 Å². The lowest BCUT2D eigenvalue weighted by Gasteiger charge is -2.29. The summed E-state index contributed by atoms with van der Waals surface area (Å²) in [6.07, 6.45) is 8.38. The first-order valence-electron chi connectivity index (χ1n) is 7.79. The maximum Gasteiger partial charge on any atom is 0.222 e. The minimum atomic E-state index is 0.394. The number of likely N-dealkylation sites (tertiary alicyclic amines) is 2. The minimum Gasteiger partial charge on any atom is -0.342 e. The number of carbonyl (C=O) groups is 1. The predicted octanol–water partition coefficient (Wildman–Crippen LogP) is 2.51. The summed E-state index contributed by atoms with van der Waals surface area (Å²) in [4.78, 5) is 16.5. The molecule has 2 aliphatic heterocycles. The fourth-order valence-electron chi connectivity index (χ4n) is 3.22. The molecule has 104 valence electrons. The largest absolute Gasteiger partial charge is 0.342 e. The van der Waals surface area contributed by atoms with Crippen molar-refractivity contribution in [2.75, 3.05) is 32.7 Å². The van der Waals surface area contributed by atoms with Crippen molar-refractivity contribution in [3.8, 4) is 0 Å². The summed E-state index contributed by atoms with van der Waals surface area (Å²) in [6.45, 7) is 8.01. The monoisotopic (exact) mass is 252 g/mol. The van der Waals surface area contributed by atoms with Crippen molar-refractivity contribution in [3.05, 3.63) is 0 Å². The molecule has 18 heavy (non-hydrogen) atoms. The average Bonchev–Trinajstić information content (AvgIpc) is 2.80. The molecule has 0 spiro atoms. The van der Waals surface area contributed by atoms with Crippen molar-refractivity contribution in [3.63, 3.8) is 0 Å². The van der Waals surface area contributed by atoms with Crippen molar-refractivity contribution in [2.45, 2.75) is 51.9 Å². The number of nitrogens with zero attached hydrogens (tertiary/aromatic N) is 2. The van der Waals surface area contributed by atoms with E-state index in [2.05, 4.69) is 16.7 Å². The van der Waals surface area contributed by atoms with Crippen molar-refractivity contribution in [1.29, 1.82) is 0 Å². The normalized spacial score (nSPS) is 25.9. The molecule has 0 unspecified atom stereocenters. The molecule has 0 radical (unpaired) electrons. The SMILES string of the molecule is CCCCCN1CC[C@@H](CN2CCCCC2=O)C1. The minimum absolute atomic E-state index is 0.394. The van der Waals surface area contributed by atoms with Crippen LogP contribution in [-0.2, 0) is 4.79 Å². The van der Waals surface area contributed by atoms with E-state index in [1.54, 1.807) is 0 Å². The van der Waals surface area contributed by atoms with E-state index < -0.39 is 0 Å². The quantitative estimate of drug-likeness (QED) is 0.678. The van der Waals surface area contributed by atoms with Gasteiger partial charge in [0.05, 0.1) is 0 Å². The molecule has 2 aliphatic rings. The van der Waals surface area contributed by atoms with Gasteiger partial charge in [0, 0.05) is 26.1 Å². The lowest BCUT2D eigenvalue weighted by atomic mass is 10.1. The lowest BCUT2D eigenvalue weighted by molar-refractivity contribution is -0.133. The Labute approximate surface area is 112 Å². The first-order chi connectivity index (χ1) is 8.79. The number of rotatable bonds is 6. The van der Waals surface area contributed by atoms with Crippen molar-refractivity contribution >= 4 is 5.91 Å². The lowest BCUT2D eigenvalue weighted by Crippen LogP contribution is -2.39. The van der Waals surface area contributed by atoms with Crippen LogP contribution in [0.25, 0.3) is 0 Å². The number of carbonyl (C=O) groups excluding carboxylic acids is 1. The van der Waals surface area contributed by atoms with E-state index in [-0.39, 0.29) is 0 Å². The zero-order valence-electron chi connectivity index (χ0n) is 11.9. The van der Waals surface area contributed by atoms with Crippen LogP contribution >= 0.6 is 0 Å². The topological polar surface area (TPSA) is 23.6 Å². The first-order valence-corrected chi connectivity index (χ1v) is 7.79. The van der Waals surface area contributed by atoms with Gasteiger partial charge in [0.25, 0.3) is 0 Å². The smallest absolute Gasteiger partial charge is 0.222 e. The van der Waals surface area contributed by atoms with E-state index in [9.17, 15) is 4.79 Å². The van der Waals surface area contributed by atoms with E-state index >= 15 is 0 Å². The van der Waals surface area contributed by atoms with Crippen LogP contribution in [0.3, 0.4) is 0 Å². The maximum absolute atomic E-state index is 11.8. The molecule has 0 aromatic heterocycles. The van der Waals surface area contributed by atoms with Crippen molar-refractivity contribution < 1.29 is 4.79 Å². The van der Waals surface area contributed by atoms with E-state index in [0.717, 1.165) is 31.8 Å². The second kappa shape index (κ2) is 7.13. The molecule has 2 fully saturated rings. The summed E-state index contributed by atoms with van der Waals surface area (Å²) in [5, 5.41) is 0. The summed E-state index contributed by atoms with van der Waals surface area (Å²) in [5.41, 5.74) is 0. The Morgan fingerprint density at radius 2 is 2.11 bits per heavy atom. The number of unbranched alkanes of at least 4 members (excludes halogenated alkanes) is 2. The number of hydrogen-bond acceptors (Lipinski definition) is 2. The second-order valence-electron chi connectivity index (χ2n) is 5.96. The molecule has 3 nitrogen and oxygen atoms in total. The molecule has 1 atom stereocenters. The van der Waals surface area contributed by atoms with Gasteiger partial charge in [-0.3, -0.25) is 4.79 Å².